The summed E-state index contributed by atoms with van der Waals surface area (Å²) in [5.74, 6) is 3.55. The van der Waals surface area contributed by atoms with Crippen LogP contribution in [-0.2, 0) is 0 Å². The highest BCUT2D eigenvalue weighted by Gasteiger charge is 2.15. The summed E-state index contributed by atoms with van der Waals surface area (Å²) in [6.07, 6.45) is 23.1. The normalized spacial score (nSPS) is 15.1. The van der Waals surface area contributed by atoms with Gasteiger partial charge in [-0.3, -0.25) is 0 Å². The van der Waals surface area contributed by atoms with Gasteiger partial charge >= 0.3 is 0 Å². The molecule has 22 heavy (non-hydrogen) atoms. The molecule has 0 aromatic carbocycles. The second-order valence-corrected chi connectivity index (χ2v) is 8.39. The predicted octanol–water partition coefficient (Wildman–Crippen LogP) is 6.58. The van der Waals surface area contributed by atoms with Crippen molar-refractivity contribution >= 4 is 11.8 Å². The lowest BCUT2D eigenvalue weighted by Crippen LogP contribution is -2.10. The van der Waals surface area contributed by atoms with Crippen molar-refractivity contribution < 1.29 is 5.11 Å². The minimum atomic E-state index is 0.355. The molecule has 0 unspecified atom stereocenters. The van der Waals surface area contributed by atoms with Gasteiger partial charge in [0.05, 0.1) is 0 Å². The standard InChI is InChI=1S/C20H40OS/c21-17-13-19-22-18-11-9-7-5-3-1-2-4-6-8-10-14-20-15-12-16-20/h20-21H,1-19H2. The lowest BCUT2D eigenvalue weighted by molar-refractivity contribution is 0.286. The topological polar surface area (TPSA) is 20.2 Å². The van der Waals surface area contributed by atoms with Crippen LogP contribution in [0, 0.1) is 5.92 Å². The molecule has 132 valence electrons. The van der Waals surface area contributed by atoms with Gasteiger partial charge in [-0.15, -0.1) is 0 Å². The third-order valence-electron chi connectivity index (χ3n) is 5.07. The van der Waals surface area contributed by atoms with E-state index in [1.165, 1.54) is 102 Å². The third kappa shape index (κ3) is 12.8. The van der Waals surface area contributed by atoms with E-state index in [4.69, 9.17) is 5.11 Å². The Balaban J connectivity index is 1.61. The molecule has 1 saturated carbocycles. The Hall–Kier alpha value is 0.310. The Morgan fingerprint density at radius 3 is 1.64 bits per heavy atom. The van der Waals surface area contributed by atoms with Crippen LogP contribution >= 0.6 is 11.8 Å². The SMILES string of the molecule is OCCCSCCCCCCCCCCCCCC1CCC1. The molecule has 0 saturated heterocycles. The number of aliphatic hydroxyl groups is 1. The average Bonchev–Trinajstić information content (AvgIpc) is 2.48. The summed E-state index contributed by atoms with van der Waals surface area (Å²) in [6, 6.07) is 0. The van der Waals surface area contributed by atoms with E-state index in [0.29, 0.717) is 6.61 Å². The minimum absolute atomic E-state index is 0.355. The molecule has 1 N–H and O–H groups in total. The zero-order chi connectivity index (χ0) is 15.7. The van der Waals surface area contributed by atoms with Crippen molar-refractivity contribution in [2.24, 2.45) is 5.92 Å². The van der Waals surface area contributed by atoms with Gasteiger partial charge < -0.3 is 5.11 Å². The van der Waals surface area contributed by atoms with Gasteiger partial charge in [0.25, 0.3) is 0 Å². The Kier molecular flexibility index (Phi) is 15.0. The van der Waals surface area contributed by atoms with Crippen LogP contribution in [0.1, 0.15) is 103 Å². The second-order valence-electron chi connectivity index (χ2n) is 7.16. The molecule has 1 rings (SSSR count). The number of aliphatic hydroxyl groups excluding tert-OH is 1. The summed E-state index contributed by atoms with van der Waals surface area (Å²) in [4.78, 5) is 0. The highest BCUT2D eigenvalue weighted by atomic mass is 32.2. The molecule has 0 spiro atoms. The molecule has 1 nitrogen and oxygen atoms in total. The molecule has 0 aromatic heterocycles. The van der Waals surface area contributed by atoms with Gasteiger partial charge in [0.15, 0.2) is 0 Å². The predicted molar refractivity (Wildman–Crippen MR) is 102 cm³/mol. The van der Waals surface area contributed by atoms with Gasteiger partial charge in [-0.05, 0) is 30.3 Å². The van der Waals surface area contributed by atoms with Crippen molar-refractivity contribution in [1.29, 1.82) is 0 Å². The van der Waals surface area contributed by atoms with Crippen LogP contribution < -0.4 is 0 Å². The first kappa shape index (κ1) is 20.4. The van der Waals surface area contributed by atoms with Gasteiger partial charge in [-0.25, -0.2) is 0 Å². The third-order valence-corrected chi connectivity index (χ3v) is 6.23. The number of hydrogen-bond donors (Lipinski definition) is 1. The maximum Gasteiger partial charge on any atom is 0.0438 e. The molecule has 1 aliphatic rings. The molecule has 0 aromatic rings. The van der Waals surface area contributed by atoms with E-state index in [1.807, 2.05) is 11.8 Å². The van der Waals surface area contributed by atoms with Crippen molar-refractivity contribution in [1.82, 2.24) is 0 Å². The van der Waals surface area contributed by atoms with Crippen molar-refractivity contribution in [2.75, 3.05) is 18.1 Å². The van der Waals surface area contributed by atoms with Crippen molar-refractivity contribution in [3.05, 3.63) is 0 Å². The number of thioether (sulfide) groups is 1. The zero-order valence-corrected chi connectivity index (χ0v) is 15.7. The minimum Gasteiger partial charge on any atom is -0.396 e. The summed E-state index contributed by atoms with van der Waals surface area (Å²) < 4.78 is 0. The van der Waals surface area contributed by atoms with Crippen LogP contribution in [0.3, 0.4) is 0 Å². The molecule has 0 heterocycles. The number of unbranched alkanes of at least 4 members (excludes halogenated alkanes) is 10. The Morgan fingerprint density at radius 2 is 1.14 bits per heavy atom. The van der Waals surface area contributed by atoms with Gasteiger partial charge in [0, 0.05) is 6.61 Å². The number of rotatable bonds is 17. The quantitative estimate of drug-likeness (QED) is 0.304. The monoisotopic (exact) mass is 328 g/mol. The molecule has 1 aliphatic carbocycles. The molecular weight excluding hydrogens is 288 g/mol. The van der Waals surface area contributed by atoms with E-state index in [1.54, 1.807) is 0 Å². The molecule has 2 heteroatoms. The van der Waals surface area contributed by atoms with Crippen molar-refractivity contribution in [2.45, 2.75) is 103 Å². The summed E-state index contributed by atoms with van der Waals surface area (Å²) in [5.41, 5.74) is 0. The first-order valence-corrected chi connectivity index (χ1v) is 11.3. The van der Waals surface area contributed by atoms with E-state index < -0.39 is 0 Å². The van der Waals surface area contributed by atoms with Gasteiger partial charge in [0.2, 0.25) is 0 Å². The second kappa shape index (κ2) is 16.2. The molecule has 0 atom stereocenters. The van der Waals surface area contributed by atoms with Gasteiger partial charge in [0.1, 0.15) is 0 Å². The fraction of sp³-hybridized carbons (Fsp3) is 1.00. The van der Waals surface area contributed by atoms with Crippen LogP contribution in [0.15, 0.2) is 0 Å². The first-order chi connectivity index (χ1) is 10.9. The lowest BCUT2D eigenvalue weighted by atomic mass is 9.81. The Morgan fingerprint density at radius 1 is 0.636 bits per heavy atom. The zero-order valence-electron chi connectivity index (χ0n) is 14.9. The number of hydrogen-bond acceptors (Lipinski definition) is 2. The van der Waals surface area contributed by atoms with Crippen LogP contribution in [-0.4, -0.2) is 23.2 Å². The van der Waals surface area contributed by atoms with E-state index >= 15 is 0 Å². The van der Waals surface area contributed by atoms with Crippen molar-refractivity contribution in [3.8, 4) is 0 Å². The van der Waals surface area contributed by atoms with Crippen LogP contribution in [0.5, 0.6) is 0 Å². The summed E-state index contributed by atoms with van der Waals surface area (Å²) >= 11 is 2.01. The van der Waals surface area contributed by atoms with E-state index in [-0.39, 0.29) is 0 Å². The highest BCUT2D eigenvalue weighted by Crippen LogP contribution is 2.31. The maximum atomic E-state index is 8.69. The maximum absolute atomic E-state index is 8.69. The van der Waals surface area contributed by atoms with E-state index in [0.717, 1.165) is 18.1 Å². The average molecular weight is 329 g/mol. The Labute approximate surface area is 144 Å². The van der Waals surface area contributed by atoms with Crippen LogP contribution in [0.25, 0.3) is 0 Å². The molecular formula is C20H40OS. The smallest absolute Gasteiger partial charge is 0.0438 e. The fourth-order valence-electron chi connectivity index (χ4n) is 3.28. The summed E-state index contributed by atoms with van der Waals surface area (Å²) in [7, 11) is 0. The summed E-state index contributed by atoms with van der Waals surface area (Å²) in [6.45, 7) is 0.355. The van der Waals surface area contributed by atoms with Gasteiger partial charge in [-0.2, -0.15) is 11.8 Å². The van der Waals surface area contributed by atoms with E-state index in [2.05, 4.69) is 0 Å². The molecule has 0 aliphatic heterocycles. The summed E-state index contributed by atoms with van der Waals surface area (Å²) in [5, 5.41) is 8.69. The first-order valence-electron chi connectivity index (χ1n) is 10.1. The van der Waals surface area contributed by atoms with Crippen LogP contribution in [0.2, 0.25) is 0 Å². The van der Waals surface area contributed by atoms with Gasteiger partial charge in [-0.1, -0.05) is 89.9 Å². The largest absolute Gasteiger partial charge is 0.396 e. The molecule has 0 amide bonds. The molecule has 0 bridgehead atoms. The van der Waals surface area contributed by atoms with Crippen molar-refractivity contribution in [3.63, 3.8) is 0 Å². The lowest BCUT2D eigenvalue weighted by Gasteiger charge is -2.24. The molecule has 1 fully saturated rings. The Bertz CT molecular complexity index is 216. The van der Waals surface area contributed by atoms with Crippen LogP contribution in [0.4, 0.5) is 0 Å². The highest BCUT2D eigenvalue weighted by molar-refractivity contribution is 7.99. The fourth-order valence-corrected chi connectivity index (χ4v) is 4.22. The molecule has 0 radical (unpaired) electrons. The van der Waals surface area contributed by atoms with E-state index in [9.17, 15) is 0 Å².